The fraction of sp³-hybridized carbons (Fsp3) is 0.600. The lowest BCUT2D eigenvalue weighted by Crippen LogP contribution is -2.32. The van der Waals surface area contributed by atoms with Crippen molar-refractivity contribution in [3.63, 3.8) is 0 Å². The predicted molar refractivity (Wildman–Crippen MR) is 81.1 cm³/mol. The van der Waals surface area contributed by atoms with E-state index in [4.69, 9.17) is 0 Å². The van der Waals surface area contributed by atoms with Crippen molar-refractivity contribution in [1.29, 1.82) is 0 Å². The largest absolute Gasteiger partial charge is 0.316 e. The van der Waals surface area contributed by atoms with Crippen LogP contribution in [0.25, 0.3) is 0 Å². The Labute approximate surface area is 122 Å². The quantitative estimate of drug-likeness (QED) is 0.838. The minimum Gasteiger partial charge on any atom is -0.316 e. The van der Waals surface area contributed by atoms with Crippen molar-refractivity contribution in [2.45, 2.75) is 38.1 Å². The third-order valence-corrected chi connectivity index (χ3v) is 5.77. The number of hydrogen-bond donors (Lipinski definition) is 1. The molecule has 0 atom stereocenters. The normalized spacial score (nSPS) is 15.8. The van der Waals surface area contributed by atoms with Crippen LogP contribution in [-0.4, -0.2) is 32.9 Å². The highest BCUT2D eigenvalue weighted by atomic mass is 32.2. The number of hydrogen-bond acceptors (Lipinski definition) is 3. The maximum Gasteiger partial charge on any atom is 0.243 e. The Balaban J connectivity index is 2.29. The summed E-state index contributed by atoms with van der Waals surface area (Å²) in [6.45, 7) is 5.79. The Morgan fingerprint density at radius 2 is 2.05 bits per heavy atom. The third-order valence-electron chi connectivity index (χ3n) is 3.84. The molecule has 1 aliphatic rings. The summed E-state index contributed by atoms with van der Waals surface area (Å²) in [6.07, 6.45) is 2.32. The van der Waals surface area contributed by atoms with Gasteiger partial charge in [0, 0.05) is 19.6 Å². The van der Waals surface area contributed by atoms with Gasteiger partial charge in [0.05, 0.1) is 4.90 Å². The van der Waals surface area contributed by atoms with E-state index in [0.29, 0.717) is 30.4 Å². The van der Waals surface area contributed by atoms with Gasteiger partial charge in [0.2, 0.25) is 10.0 Å². The molecule has 0 unspecified atom stereocenters. The molecule has 1 aliphatic carbocycles. The van der Waals surface area contributed by atoms with Gasteiger partial charge in [-0.25, -0.2) is 8.42 Å². The first-order valence-electron chi connectivity index (χ1n) is 7.23. The molecular formula is C15H24N2O2S. The summed E-state index contributed by atoms with van der Waals surface area (Å²) in [5, 5.41) is 3.08. The van der Waals surface area contributed by atoms with Crippen LogP contribution in [0.3, 0.4) is 0 Å². The Hall–Kier alpha value is -0.910. The smallest absolute Gasteiger partial charge is 0.243 e. The minimum absolute atomic E-state index is 0.413. The minimum atomic E-state index is -3.36. The molecule has 1 N–H and O–H groups in total. The van der Waals surface area contributed by atoms with Crippen LogP contribution in [0, 0.1) is 12.8 Å². The highest BCUT2D eigenvalue weighted by Crippen LogP contribution is 2.31. The van der Waals surface area contributed by atoms with Crippen LogP contribution in [0.5, 0.6) is 0 Å². The van der Waals surface area contributed by atoms with E-state index in [0.717, 1.165) is 24.0 Å². The highest BCUT2D eigenvalue weighted by Gasteiger charge is 2.30. The zero-order valence-electron chi connectivity index (χ0n) is 12.5. The topological polar surface area (TPSA) is 49.4 Å². The molecule has 0 aliphatic heterocycles. The monoisotopic (exact) mass is 296 g/mol. The van der Waals surface area contributed by atoms with E-state index in [1.54, 1.807) is 16.4 Å². The van der Waals surface area contributed by atoms with Crippen molar-refractivity contribution in [2.75, 3.05) is 20.1 Å². The molecule has 0 heterocycles. The molecule has 0 radical (unpaired) electrons. The van der Waals surface area contributed by atoms with Crippen molar-refractivity contribution in [2.24, 2.45) is 5.92 Å². The molecule has 1 aromatic carbocycles. The molecule has 0 saturated heterocycles. The molecule has 1 fully saturated rings. The number of nitrogens with zero attached hydrogens (tertiary/aromatic N) is 1. The molecule has 0 spiro atoms. The Morgan fingerprint density at radius 1 is 1.35 bits per heavy atom. The lowest BCUT2D eigenvalue weighted by atomic mass is 10.1. The average molecular weight is 296 g/mol. The zero-order chi connectivity index (χ0) is 14.8. The summed E-state index contributed by atoms with van der Waals surface area (Å²) in [4.78, 5) is 0.413. The van der Waals surface area contributed by atoms with Crippen LogP contribution in [0.2, 0.25) is 0 Å². The van der Waals surface area contributed by atoms with Gasteiger partial charge >= 0.3 is 0 Å². The fourth-order valence-electron chi connectivity index (χ4n) is 2.32. The van der Waals surface area contributed by atoms with E-state index in [-0.39, 0.29) is 0 Å². The Morgan fingerprint density at radius 3 is 2.60 bits per heavy atom. The van der Waals surface area contributed by atoms with E-state index >= 15 is 0 Å². The van der Waals surface area contributed by atoms with Gasteiger partial charge < -0.3 is 5.32 Å². The van der Waals surface area contributed by atoms with E-state index in [2.05, 4.69) is 5.32 Å². The molecular weight excluding hydrogens is 272 g/mol. The summed E-state index contributed by atoms with van der Waals surface area (Å²) < 4.78 is 27.0. The van der Waals surface area contributed by atoms with Gasteiger partial charge in [-0.1, -0.05) is 13.0 Å². The van der Waals surface area contributed by atoms with E-state index < -0.39 is 10.0 Å². The second kappa shape index (κ2) is 6.24. The SMILES string of the molecule is CCN(CC1CC1)S(=O)(=O)c1ccc(C)c(CNC)c1. The Bertz CT molecular complexity index is 565. The van der Waals surface area contributed by atoms with E-state index in [1.165, 1.54) is 0 Å². The van der Waals surface area contributed by atoms with Crippen molar-refractivity contribution in [1.82, 2.24) is 9.62 Å². The highest BCUT2D eigenvalue weighted by molar-refractivity contribution is 7.89. The maximum atomic E-state index is 12.7. The van der Waals surface area contributed by atoms with Gasteiger partial charge in [0.1, 0.15) is 0 Å². The van der Waals surface area contributed by atoms with Gasteiger partial charge in [0.25, 0.3) is 0 Å². The molecule has 112 valence electrons. The lowest BCUT2D eigenvalue weighted by Gasteiger charge is -2.21. The summed E-state index contributed by atoms with van der Waals surface area (Å²) >= 11 is 0. The van der Waals surface area contributed by atoms with Gasteiger partial charge in [-0.15, -0.1) is 0 Å². The summed E-state index contributed by atoms with van der Waals surface area (Å²) in [6, 6.07) is 5.42. The first kappa shape index (κ1) is 15.5. The van der Waals surface area contributed by atoms with Crippen LogP contribution >= 0.6 is 0 Å². The van der Waals surface area contributed by atoms with Crippen LogP contribution < -0.4 is 5.32 Å². The number of nitrogens with one attached hydrogen (secondary N) is 1. The second-order valence-corrected chi connectivity index (χ2v) is 7.46. The van der Waals surface area contributed by atoms with E-state index in [9.17, 15) is 8.42 Å². The first-order chi connectivity index (χ1) is 9.48. The van der Waals surface area contributed by atoms with Crippen molar-refractivity contribution in [3.8, 4) is 0 Å². The number of rotatable bonds is 7. The van der Waals surface area contributed by atoms with Crippen molar-refractivity contribution >= 4 is 10.0 Å². The summed E-state index contributed by atoms with van der Waals surface area (Å²) in [5.41, 5.74) is 2.15. The summed E-state index contributed by atoms with van der Waals surface area (Å²) in [5.74, 6) is 0.562. The number of sulfonamides is 1. The molecule has 0 amide bonds. The zero-order valence-corrected chi connectivity index (χ0v) is 13.3. The van der Waals surface area contributed by atoms with Gasteiger partial charge in [0.15, 0.2) is 0 Å². The third kappa shape index (κ3) is 3.40. The first-order valence-corrected chi connectivity index (χ1v) is 8.67. The van der Waals surface area contributed by atoms with Crippen molar-refractivity contribution in [3.05, 3.63) is 29.3 Å². The van der Waals surface area contributed by atoms with Gasteiger partial charge in [-0.3, -0.25) is 0 Å². The number of aryl methyl sites for hydroxylation is 1. The summed E-state index contributed by atoms with van der Waals surface area (Å²) in [7, 11) is -1.49. The molecule has 2 rings (SSSR count). The van der Waals surface area contributed by atoms with Crippen LogP contribution in [0.1, 0.15) is 30.9 Å². The predicted octanol–water partition coefficient (Wildman–Crippen LogP) is 2.14. The lowest BCUT2D eigenvalue weighted by molar-refractivity contribution is 0.412. The standard InChI is InChI=1S/C15H24N2O2S/c1-4-17(11-13-6-7-13)20(18,19)15-8-5-12(2)14(9-15)10-16-3/h5,8-9,13,16H,4,6-7,10-11H2,1-3H3. The molecule has 0 aromatic heterocycles. The molecule has 0 bridgehead atoms. The second-order valence-electron chi connectivity index (χ2n) is 5.52. The molecule has 5 heteroatoms. The maximum absolute atomic E-state index is 12.7. The van der Waals surface area contributed by atoms with Crippen LogP contribution in [0.4, 0.5) is 0 Å². The van der Waals surface area contributed by atoms with Gasteiger partial charge in [-0.05, 0) is 56.0 Å². The average Bonchev–Trinajstić information content (AvgIpc) is 3.22. The van der Waals surface area contributed by atoms with E-state index in [1.807, 2.05) is 27.0 Å². The Kier molecular flexibility index (Phi) is 4.83. The van der Waals surface area contributed by atoms with Gasteiger partial charge in [-0.2, -0.15) is 4.31 Å². The molecule has 4 nitrogen and oxygen atoms in total. The number of benzene rings is 1. The molecule has 1 aromatic rings. The van der Waals surface area contributed by atoms with Crippen molar-refractivity contribution < 1.29 is 8.42 Å². The van der Waals surface area contributed by atoms with Crippen LogP contribution in [-0.2, 0) is 16.6 Å². The molecule has 20 heavy (non-hydrogen) atoms. The molecule has 1 saturated carbocycles. The fourth-order valence-corrected chi connectivity index (χ4v) is 3.90. The van der Waals surface area contributed by atoms with Crippen LogP contribution in [0.15, 0.2) is 23.1 Å².